The van der Waals surface area contributed by atoms with Crippen LogP contribution in [0.15, 0.2) is 0 Å². The quantitative estimate of drug-likeness (QED) is 0.426. The normalized spacial score (nSPS) is 44.1. The molecule has 2 aliphatic heterocycles. The number of aliphatic hydroxyl groups excluding tert-OH is 3. The van der Waals surface area contributed by atoms with Crippen molar-refractivity contribution in [3.05, 3.63) is 0 Å². The fourth-order valence-electron chi connectivity index (χ4n) is 2.23. The number of β-amino-alcohol motifs (C(OH)–C–C–N with tert-alkyl or cyclic N) is 1. The van der Waals surface area contributed by atoms with Crippen molar-refractivity contribution in [1.82, 2.24) is 4.90 Å². The number of aliphatic hydroxyl groups is 4. The van der Waals surface area contributed by atoms with E-state index in [4.69, 9.17) is 14.6 Å². The second kappa shape index (κ2) is 5.15. The van der Waals surface area contributed by atoms with Gasteiger partial charge in [0.1, 0.15) is 18.3 Å². The Bertz CT molecular complexity index is 259. The zero-order chi connectivity index (χ0) is 12.5. The highest BCUT2D eigenvalue weighted by Gasteiger charge is 2.53. The molecule has 0 saturated carbocycles. The third-order valence-corrected chi connectivity index (χ3v) is 3.26. The summed E-state index contributed by atoms with van der Waals surface area (Å²) >= 11 is 0. The van der Waals surface area contributed by atoms with Gasteiger partial charge in [-0.2, -0.15) is 0 Å². The van der Waals surface area contributed by atoms with Crippen LogP contribution >= 0.6 is 0 Å². The SMILES string of the molecule is OC[C@H]1O[C@@](O)(CN2CCOCC2)[C@@H](O)[C@@H]1O. The van der Waals surface area contributed by atoms with Crippen LogP contribution < -0.4 is 0 Å². The summed E-state index contributed by atoms with van der Waals surface area (Å²) in [5.74, 6) is -1.83. The lowest BCUT2D eigenvalue weighted by Gasteiger charge is -2.34. The van der Waals surface area contributed by atoms with E-state index < -0.39 is 30.7 Å². The number of ether oxygens (including phenoxy) is 2. The summed E-state index contributed by atoms with van der Waals surface area (Å²) in [4.78, 5) is 1.89. The topological polar surface area (TPSA) is 103 Å². The second-order valence-corrected chi connectivity index (χ2v) is 4.51. The predicted molar refractivity (Wildman–Crippen MR) is 56.2 cm³/mol. The molecule has 0 aromatic rings. The molecule has 0 radical (unpaired) electrons. The van der Waals surface area contributed by atoms with Gasteiger partial charge in [0.05, 0.1) is 26.4 Å². The van der Waals surface area contributed by atoms with Gasteiger partial charge in [0.2, 0.25) is 5.79 Å². The number of nitrogens with zero attached hydrogens (tertiary/aromatic N) is 1. The summed E-state index contributed by atoms with van der Waals surface area (Å²) in [5, 5.41) is 38.4. The van der Waals surface area contributed by atoms with Crippen LogP contribution in [0, 0.1) is 0 Å². The van der Waals surface area contributed by atoms with Crippen molar-refractivity contribution >= 4 is 0 Å². The Hall–Kier alpha value is -0.280. The van der Waals surface area contributed by atoms with Gasteiger partial charge in [-0.25, -0.2) is 0 Å². The zero-order valence-electron chi connectivity index (χ0n) is 9.53. The molecule has 2 saturated heterocycles. The summed E-state index contributed by atoms with van der Waals surface area (Å²) < 4.78 is 10.3. The minimum absolute atomic E-state index is 0.0884. The lowest BCUT2D eigenvalue weighted by atomic mass is 10.0. The molecule has 2 heterocycles. The Morgan fingerprint density at radius 2 is 1.88 bits per heavy atom. The Balaban J connectivity index is 1.98. The lowest BCUT2D eigenvalue weighted by molar-refractivity contribution is -0.241. The molecule has 0 bridgehead atoms. The van der Waals surface area contributed by atoms with Crippen molar-refractivity contribution < 1.29 is 29.9 Å². The second-order valence-electron chi connectivity index (χ2n) is 4.51. The van der Waals surface area contributed by atoms with Crippen molar-refractivity contribution in [2.45, 2.75) is 24.1 Å². The van der Waals surface area contributed by atoms with E-state index in [1.54, 1.807) is 0 Å². The van der Waals surface area contributed by atoms with Crippen LogP contribution in [-0.4, -0.2) is 88.9 Å². The molecule has 0 unspecified atom stereocenters. The molecule has 2 rings (SSSR count). The van der Waals surface area contributed by atoms with Crippen LogP contribution in [0.5, 0.6) is 0 Å². The third kappa shape index (κ3) is 2.60. The molecular formula is C10H19NO6. The lowest BCUT2D eigenvalue weighted by Crippen LogP contribution is -2.53. The minimum Gasteiger partial charge on any atom is -0.394 e. The highest BCUT2D eigenvalue weighted by atomic mass is 16.7. The average molecular weight is 249 g/mol. The smallest absolute Gasteiger partial charge is 0.208 e. The highest BCUT2D eigenvalue weighted by molar-refractivity contribution is 4.97. The van der Waals surface area contributed by atoms with Gasteiger partial charge < -0.3 is 29.9 Å². The van der Waals surface area contributed by atoms with E-state index in [2.05, 4.69) is 0 Å². The molecule has 2 fully saturated rings. The van der Waals surface area contributed by atoms with E-state index in [0.717, 1.165) is 0 Å². The van der Waals surface area contributed by atoms with Gasteiger partial charge >= 0.3 is 0 Å². The summed E-state index contributed by atoms with van der Waals surface area (Å²) in [7, 11) is 0. The molecule has 7 heteroatoms. The monoisotopic (exact) mass is 249 g/mol. The molecular weight excluding hydrogens is 230 g/mol. The van der Waals surface area contributed by atoms with E-state index >= 15 is 0 Å². The third-order valence-electron chi connectivity index (χ3n) is 3.26. The molecule has 0 amide bonds. The summed E-state index contributed by atoms with van der Waals surface area (Å²) in [6.07, 6.45) is -3.63. The van der Waals surface area contributed by atoms with Gasteiger partial charge in [-0.15, -0.1) is 0 Å². The molecule has 2 aliphatic rings. The van der Waals surface area contributed by atoms with Crippen LogP contribution in [0.25, 0.3) is 0 Å². The fourth-order valence-corrected chi connectivity index (χ4v) is 2.23. The van der Waals surface area contributed by atoms with Crippen molar-refractivity contribution in [2.24, 2.45) is 0 Å². The van der Waals surface area contributed by atoms with E-state index in [1.807, 2.05) is 4.90 Å². The first-order valence-electron chi connectivity index (χ1n) is 5.74. The van der Waals surface area contributed by atoms with Crippen LogP contribution in [0.4, 0.5) is 0 Å². The van der Waals surface area contributed by atoms with E-state index in [-0.39, 0.29) is 6.54 Å². The molecule has 4 atom stereocenters. The molecule has 100 valence electrons. The summed E-state index contributed by atoms with van der Waals surface area (Å²) in [6.45, 7) is 2.06. The summed E-state index contributed by atoms with van der Waals surface area (Å²) in [5.41, 5.74) is 0. The molecule has 4 N–H and O–H groups in total. The Kier molecular flexibility index (Phi) is 3.99. The van der Waals surface area contributed by atoms with Gasteiger partial charge in [-0.1, -0.05) is 0 Å². The van der Waals surface area contributed by atoms with Crippen LogP contribution in [0.1, 0.15) is 0 Å². The van der Waals surface area contributed by atoms with Gasteiger partial charge in [-0.05, 0) is 0 Å². The van der Waals surface area contributed by atoms with E-state index in [1.165, 1.54) is 0 Å². The number of hydrogen-bond donors (Lipinski definition) is 4. The highest BCUT2D eigenvalue weighted by Crippen LogP contribution is 2.30. The van der Waals surface area contributed by atoms with Crippen molar-refractivity contribution in [1.29, 1.82) is 0 Å². The van der Waals surface area contributed by atoms with Crippen LogP contribution in [0.3, 0.4) is 0 Å². The molecule has 0 aromatic heterocycles. The zero-order valence-corrected chi connectivity index (χ0v) is 9.53. The molecule has 0 aromatic carbocycles. The van der Waals surface area contributed by atoms with Crippen molar-refractivity contribution in [2.75, 3.05) is 39.5 Å². The molecule has 0 aliphatic carbocycles. The minimum atomic E-state index is -1.83. The number of rotatable bonds is 3. The van der Waals surface area contributed by atoms with E-state index in [9.17, 15) is 15.3 Å². The van der Waals surface area contributed by atoms with Gasteiger partial charge in [0.25, 0.3) is 0 Å². The number of hydrogen-bond acceptors (Lipinski definition) is 7. The van der Waals surface area contributed by atoms with Crippen LogP contribution in [0.2, 0.25) is 0 Å². The Morgan fingerprint density at radius 1 is 1.24 bits per heavy atom. The largest absolute Gasteiger partial charge is 0.394 e. The van der Waals surface area contributed by atoms with Gasteiger partial charge in [0.15, 0.2) is 0 Å². The maximum absolute atomic E-state index is 10.2. The van der Waals surface area contributed by atoms with Gasteiger partial charge in [0, 0.05) is 13.1 Å². The first-order chi connectivity index (χ1) is 8.07. The molecule has 17 heavy (non-hydrogen) atoms. The maximum atomic E-state index is 10.2. The van der Waals surface area contributed by atoms with Crippen molar-refractivity contribution in [3.63, 3.8) is 0 Å². The first kappa shape index (κ1) is 13.2. The van der Waals surface area contributed by atoms with Crippen molar-refractivity contribution in [3.8, 4) is 0 Å². The number of morpholine rings is 1. The standard InChI is InChI=1S/C10H19NO6/c12-5-7-8(13)9(14)10(15,17-7)6-11-1-3-16-4-2-11/h7-9,12-15H,1-6H2/t7-,8-,9+,10+/m1/s1. The van der Waals surface area contributed by atoms with Gasteiger partial charge in [-0.3, -0.25) is 4.90 Å². The average Bonchev–Trinajstić information content (AvgIpc) is 2.55. The molecule has 7 nitrogen and oxygen atoms in total. The predicted octanol–water partition coefficient (Wildman–Crippen LogP) is -2.88. The van der Waals surface area contributed by atoms with E-state index in [0.29, 0.717) is 26.3 Å². The Labute approximate surface area is 99.2 Å². The maximum Gasteiger partial charge on any atom is 0.208 e. The first-order valence-corrected chi connectivity index (χ1v) is 5.74. The van der Waals surface area contributed by atoms with Crippen LogP contribution in [-0.2, 0) is 9.47 Å². The fraction of sp³-hybridized carbons (Fsp3) is 1.00. The summed E-state index contributed by atoms with van der Waals surface area (Å²) in [6, 6.07) is 0. The molecule has 0 spiro atoms. The Morgan fingerprint density at radius 3 is 2.41 bits per heavy atom.